The van der Waals surface area contributed by atoms with E-state index < -0.39 is 29.0 Å². The molecule has 0 amide bonds. The van der Waals surface area contributed by atoms with Crippen LogP contribution in [0.15, 0.2) is 39.9 Å². The van der Waals surface area contributed by atoms with Crippen molar-refractivity contribution in [1.82, 2.24) is 9.55 Å². The molecule has 0 saturated carbocycles. The first-order valence-electron chi connectivity index (χ1n) is 7.00. The van der Waals surface area contributed by atoms with E-state index in [9.17, 15) is 22.8 Å². The highest BCUT2D eigenvalue weighted by molar-refractivity contribution is 5.38. The quantitative estimate of drug-likeness (QED) is 0.907. The summed E-state index contributed by atoms with van der Waals surface area (Å²) in [5.41, 5.74) is -1.41. The summed E-state index contributed by atoms with van der Waals surface area (Å²) >= 11 is 0. The molecule has 1 unspecified atom stereocenters. The molecule has 0 saturated heterocycles. The van der Waals surface area contributed by atoms with Crippen molar-refractivity contribution in [2.45, 2.75) is 32.6 Å². The van der Waals surface area contributed by atoms with Gasteiger partial charge in [-0.05, 0) is 31.5 Å². The van der Waals surface area contributed by atoms with E-state index in [1.54, 1.807) is 13.8 Å². The van der Waals surface area contributed by atoms with Crippen molar-refractivity contribution in [3.05, 3.63) is 62.3 Å². The van der Waals surface area contributed by atoms with Crippen LogP contribution in [0.3, 0.4) is 0 Å². The SMILES string of the molecule is CCn1c(=O)cc(NC(C)c2cccc(C(F)(F)F)c2)[nH]c1=O. The molecule has 2 aromatic rings. The third-order valence-corrected chi connectivity index (χ3v) is 3.42. The molecule has 1 atom stereocenters. The zero-order valence-corrected chi connectivity index (χ0v) is 12.6. The maximum Gasteiger partial charge on any atom is 0.416 e. The summed E-state index contributed by atoms with van der Waals surface area (Å²) in [7, 11) is 0. The predicted octanol–water partition coefficient (Wildman–Crippen LogP) is 2.75. The number of aromatic nitrogens is 2. The summed E-state index contributed by atoms with van der Waals surface area (Å²) in [5, 5.41) is 2.83. The number of aromatic amines is 1. The van der Waals surface area contributed by atoms with Crippen LogP contribution in [0.25, 0.3) is 0 Å². The number of halogens is 3. The van der Waals surface area contributed by atoms with Gasteiger partial charge in [0.2, 0.25) is 0 Å². The Labute approximate surface area is 129 Å². The number of hydrogen-bond acceptors (Lipinski definition) is 3. The highest BCUT2D eigenvalue weighted by Gasteiger charge is 2.30. The van der Waals surface area contributed by atoms with Gasteiger partial charge in [0.15, 0.2) is 0 Å². The van der Waals surface area contributed by atoms with Crippen molar-refractivity contribution in [3.8, 4) is 0 Å². The van der Waals surface area contributed by atoms with Crippen LogP contribution < -0.4 is 16.6 Å². The Bertz CT molecular complexity index is 777. The molecule has 0 bridgehead atoms. The number of H-pyrrole nitrogens is 1. The van der Waals surface area contributed by atoms with Gasteiger partial charge >= 0.3 is 11.9 Å². The van der Waals surface area contributed by atoms with Gasteiger partial charge in [0, 0.05) is 18.7 Å². The van der Waals surface area contributed by atoms with Crippen LogP contribution in [0.2, 0.25) is 0 Å². The van der Waals surface area contributed by atoms with E-state index in [4.69, 9.17) is 0 Å². The van der Waals surface area contributed by atoms with Gasteiger partial charge in [-0.25, -0.2) is 4.79 Å². The Hall–Kier alpha value is -2.51. The van der Waals surface area contributed by atoms with Gasteiger partial charge in [-0.15, -0.1) is 0 Å². The fourth-order valence-electron chi connectivity index (χ4n) is 2.20. The normalized spacial score (nSPS) is 12.9. The van der Waals surface area contributed by atoms with Crippen LogP contribution in [0.1, 0.15) is 31.0 Å². The molecule has 0 aliphatic carbocycles. The highest BCUT2D eigenvalue weighted by atomic mass is 19.4. The summed E-state index contributed by atoms with van der Waals surface area (Å²) in [5.74, 6) is 0.162. The van der Waals surface area contributed by atoms with Crippen LogP contribution in [0, 0.1) is 0 Å². The Morgan fingerprint density at radius 3 is 2.52 bits per heavy atom. The number of rotatable bonds is 4. The number of hydrogen-bond donors (Lipinski definition) is 2. The minimum atomic E-state index is -4.42. The van der Waals surface area contributed by atoms with E-state index in [2.05, 4.69) is 10.3 Å². The average Bonchev–Trinajstić information content (AvgIpc) is 2.46. The average molecular weight is 327 g/mol. The maximum atomic E-state index is 12.7. The molecule has 0 fully saturated rings. The Balaban J connectivity index is 2.28. The molecule has 0 aliphatic heterocycles. The molecule has 1 aromatic carbocycles. The Kier molecular flexibility index (Phi) is 4.63. The molecule has 2 N–H and O–H groups in total. The standard InChI is InChI=1S/C15H16F3N3O2/c1-3-21-13(22)8-12(20-14(21)23)19-9(2)10-5-4-6-11(7-10)15(16,17)18/h4-9,19H,3H2,1-2H3,(H,20,23). The van der Waals surface area contributed by atoms with E-state index >= 15 is 0 Å². The zero-order valence-electron chi connectivity index (χ0n) is 12.6. The van der Waals surface area contributed by atoms with Crippen molar-refractivity contribution in [2.24, 2.45) is 0 Å². The highest BCUT2D eigenvalue weighted by Crippen LogP contribution is 2.31. The van der Waals surface area contributed by atoms with Crippen molar-refractivity contribution in [2.75, 3.05) is 5.32 Å². The van der Waals surface area contributed by atoms with Gasteiger partial charge in [-0.2, -0.15) is 13.2 Å². The number of nitrogens with zero attached hydrogens (tertiary/aromatic N) is 1. The molecule has 1 aromatic heterocycles. The van der Waals surface area contributed by atoms with Gasteiger partial charge in [-0.1, -0.05) is 12.1 Å². The molecular formula is C15H16F3N3O2. The van der Waals surface area contributed by atoms with Gasteiger partial charge in [0.25, 0.3) is 5.56 Å². The lowest BCUT2D eigenvalue weighted by molar-refractivity contribution is -0.137. The van der Waals surface area contributed by atoms with Crippen molar-refractivity contribution < 1.29 is 13.2 Å². The molecule has 2 rings (SSSR count). The first kappa shape index (κ1) is 16.9. The molecule has 0 radical (unpaired) electrons. The largest absolute Gasteiger partial charge is 0.416 e. The van der Waals surface area contributed by atoms with E-state index in [0.29, 0.717) is 5.56 Å². The monoisotopic (exact) mass is 327 g/mol. The van der Waals surface area contributed by atoms with Crippen LogP contribution in [0.4, 0.5) is 19.0 Å². The molecule has 0 aliphatic rings. The minimum Gasteiger partial charge on any atom is -0.365 e. The van der Waals surface area contributed by atoms with Gasteiger partial charge in [0.05, 0.1) is 5.56 Å². The number of alkyl halides is 3. The van der Waals surface area contributed by atoms with Crippen LogP contribution in [-0.4, -0.2) is 9.55 Å². The molecule has 124 valence electrons. The molecule has 1 heterocycles. The van der Waals surface area contributed by atoms with Gasteiger partial charge < -0.3 is 5.32 Å². The topological polar surface area (TPSA) is 66.9 Å². The first-order chi connectivity index (χ1) is 10.7. The lowest BCUT2D eigenvalue weighted by Gasteiger charge is -2.17. The third-order valence-electron chi connectivity index (χ3n) is 3.42. The summed E-state index contributed by atoms with van der Waals surface area (Å²) in [4.78, 5) is 26.0. The van der Waals surface area contributed by atoms with Crippen LogP contribution in [0.5, 0.6) is 0 Å². The lowest BCUT2D eigenvalue weighted by Crippen LogP contribution is -2.34. The lowest BCUT2D eigenvalue weighted by atomic mass is 10.0. The summed E-state index contributed by atoms with van der Waals surface area (Å²) in [6.45, 7) is 3.53. The Morgan fingerprint density at radius 1 is 1.26 bits per heavy atom. The van der Waals surface area contributed by atoms with Crippen molar-refractivity contribution in [3.63, 3.8) is 0 Å². The summed E-state index contributed by atoms with van der Waals surface area (Å²) in [6, 6.07) is 5.55. The molecular weight excluding hydrogens is 311 g/mol. The van der Waals surface area contributed by atoms with Crippen molar-refractivity contribution in [1.29, 1.82) is 0 Å². The molecule has 0 spiro atoms. The fraction of sp³-hybridized carbons (Fsp3) is 0.333. The smallest absolute Gasteiger partial charge is 0.365 e. The summed E-state index contributed by atoms with van der Waals surface area (Å²) < 4.78 is 39.2. The third kappa shape index (κ3) is 3.82. The van der Waals surface area contributed by atoms with Crippen molar-refractivity contribution >= 4 is 5.82 Å². The number of anilines is 1. The van der Waals surface area contributed by atoms with E-state index in [0.717, 1.165) is 16.7 Å². The number of benzene rings is 1. The molecule has 23 heavy (non-hydrogen) atoms. The number of nitrogens with one attached hydrogen (secondary N) is 2. The second-order valence-electron chi connectivity index (χ2n) is 5.06. The summed E-state index contributed by atoms with van der Waals surface area (Å²) in [6.07, 6.45) is -4.42. The van der Waals surface area contributed by atoms with E-state index in [1.807, 2.05) is 0 Å². The van der Waals surface area contributed by atoms with E-state index in [1.165, 1.54) is 18.2 Å². The fourth-order valence-corrected chi connectivity index (χ4v) is 2.20. The minimum absolute atomic E-state index is 0.162. The molecule has 5 nitrogen and oxygen atoms in total. The molecule has 8 heteroatoms. The second kappa shape index (κ2) is 6.31. The maximum absolute atomic E-state index is 12.7. The first-order valence-corrected chi connectivity index (χ1v) is 7.00. The van der Waals surface area contributed by atoms with Crippen LogP contribution in [-0.2, 0) is 12.7 Å². The Morgan fingerprint density at radius 2 is 1.96 bits per heavy atom. The second-order valence-corrected chi connectivity index (χ2v) is 5.06. The predicted molar refractivity (Wildman–Crippen MR) is 80.5 cm³/mol. The zero-order chi connectivity index (χ0) is 17.2. The van der Waals surface area contributed by atoms with Crippen LogP contribution >= 0.6 is 0 Å². The van der Waals surface area contributed by atoms with Gasteiger partial charge in [0.1, 0.15) is 5.82 Å². The van der Waals surface area contributed by atoms with E-state index in [-0.39, 0.29) is 12.4 Å². The van der Waals surface area contributed by atoms with Gasteiger partial charge in [-0.3, -0.25) is 14.3 Å².